The van der Waals surface area contributed by atoms with Crippen molar-refractivity contribution in [3.63, 3.8) is 0 Å². The minimum absolute atomic E-state index is 0.179. The van der Waals surface area contributed by atoms with Crippen molar-refractivity contribution >= 4 is 11.5 Å². The van der Waals surface area contributed by atoms with Crippen LogP contribution in [0.3, 0.4) is 0 Å². The predicted molar refractivity (Wildman–Crippen MR) is 97.6 cm³/mol. The van der Waals surface area contributed by atoms with Crippen molar-refractivity contribution in [2.45, 2.75) is 32.5 Å². The number of ether oxygens (including phenoxy) is 3. The Bertz CT molecular complexity index is 758. The summed E-state index contributed by atoms with van der Waals surface area (Å²) in [4.78, 5) is 16.1. The second-order valence-electron chi connectivity index (χ2n) is 6.14. The highest BCUT2D eigenvalue weighted by atomic mass is 16.7. The molecule has 1 fully saturated rings. The Balaban J connectivity index is 1.82. The van der Waals surface area contributed by atoms with Crippen molar-refractivity contribution in [3.8, 4) is 5.75 Å². The average Bonchev–Trinajstić information content (AvgIpc) is 3.07. The smallest absolute Gasteiger partial charge is 0.331 e. The second kappa shape index (κ2) is 8.67. The normalized spacial score (nSPS) is 17.8. The van der Waals surface area contributed by atoms with Gasteiger partial charge in [-0.15, -0.1) is 0 Å². The van der Waals surface area contributed by atoms with E-state index in [9.17, 15) is 4.79 Å². The first-order valence-electron chi connectivity index (χ1n) is 8.91. The van der Waals surface area contributed by atoms with Crippen molar-refractivity contribution in [2.24, 2.45) is 7.05 Å². The Morgan fingerprint density at radius 1 is 1.35 bits per heavy atom. The summed E-state index contributed by atoms with van der Waals surface area (Å²) in [5.41, 5.74) is 2.48. The van der Waals surface area contributed by atoms with Gasteiger partial charge in [0.1, 0.15) is 5.75 Å². The van der Waals surface area contributed by atoms with Crippen LogP contribution in [-0.4, -0.2) is 35.0 Å². The maximum absolute atomic E-state index is 12.0. The summed E-state index contributed by atoms with van der Waals surface area (Å²) in [5, 5.41) is 0. The van der Waals surface area contributed by atoms with Gasteiger partial charge in [-0.3, -0.25) is 0 Å². The molecule has 1 unspecified atom stereocenters. The van der Waals surface area contributed by atoms with Gasteiger partial charge in [0.25, 0.3) is 0 Å². The quantitative estimate of drug-likeness (QED) is 0.587. The number of imidazole rings is 1. The molecule has 0 aliphatic carbocycles. The van der Waals surface area contributed by atoms with Crippen LogP contribution in [0.25, 0.3) is 5.57 Å². The van der Waals surface area contributed by atoms with Crippen LogP contribution in [0.15, 0.2) is 42.9 Å². The van der Waals surface area contributed by atoms with Crippen LogP contribution >= 0.6 is 0 Å². The predicted octanol–water partition coefficient (Wildman–Crippen LogP) is 3.32. The van der Waals surface area contributed by atoms with E-state index in [0.717, 1.165) is 48.4 Å². The van der Waals surface area contributed by atoms with E-state index < -0.39 is 0 Å². The molecule has 6 nitrogen and oxygen atoms in total. The topological polar surface area (TPSA) is 62.6 Å². The molecule has 1 aromatic carbocycles. The molecule has 3 rings (SSSR count). The molecule has 1 aliphatic heterocycles. The lowest BCUT2D eigenvalue weighted by molar-refractivity contribution is -0.137. The van der Waals surface area contributed by atoms with Crippen LogP contribution in [0.2, 0.25) is 0 Å². The van der Waals surface area contributed by atoms with Crippen LogP contribution in [0, 0.1) is 0 Å². The van der Waals surface area contributed by atoms with Gasteiger partial charge in [0, 0.05) is 25.1 Å². The first-order valence-corrected chi connectivity index (χ1v) is 8.91. The van der Waals surface area contributed by atoms with Crippen molar-refractivity contribution in [1.29, 1.82) is 0 Å². The summed E-state index contributed by atoms with van der Waals surface area (Å²) < 4.78 is 18.4. The fourth-order valence-electron chi connectivity index (χ4n) is 2.89. The number of benzene rings is 1. The zero-order valence-electron chi connectivity index (χ0n) is 15.2. The number of carbonyl (C=O) groups is 1. The number of aryl methyl sites for hydroxylation is 1. The van der Waals surface area contributed by atoms with Crippen molar-refractivity contribution < 1.29 is 19.0 Å². The van der Waals surface area contributed by atoms with Crippen LogP contribution in [-0.2, 0) is 21.3 Å². The Morgan fingerprint density at radius 3 is 2.77 bits per heavy atom. The Kier molecular flexibility index (Phi) is 6.07. The third-order valence-electron chi connectivity index (χ3n) is 4.21. The number of hydrogen-bond donors (Lipinski definition) is 0. The number of rotatable bonds is 6. The molecular formula is C20H24N2O4. The molecule has 6 heteroatoms. The Labute approximate surface area is 153 Å². The van der Waals surface area contributed by atoms with Gasteiger partial charge in [0.2, 0.25) is 0 Å². The van der Waals surface area contributed by atoms with E-state index in [-0.39, 0.29) is 12.3 Å². The molecule has 1 saturated heterocycles. The van der Waals surface area contributed by atoms with Gasteiger partial charge in [-0.2, -0.15) is 0 Å². The summed E-state index contributed by atoms with van der Waals surface area (Å²) in [6, 6.07) is 7.64. The molecule has 0 spiro atoms. The van der Waals surface area contributed by atoms with Crippen molar-refractivity contribution in [3.05, 3.63) is 54.1 Å². The number of hydrogen-bond acceptors (Lipinski definition) is 5. The number of aromatic nitrogens is 2. The largest absolute Gasteiger partial charge is 0.465 e. The molecule has 2 heterocycles. The van der Waals surface area contributed by atoms with Crippen molar-refractivity contribution in [1.82, 2.24) is 9.55 Å². The number of nitrogens with zero attached hydrogens (tertiary/aromatic N) is 2. The highest BCUT2D eigenvalue weighted by molar-refractivity contribution is 5.95. The van der Waals surface area contributed by atoms with Gasteiger partial charge < -0.3 is 18.8 Å². The molecule has 0 amide bonds. The van der Waals surface area contributed by atoms with Crippen molar-refractivity contribution in [2.75, 3.05) is 13.2 Å². The van der Waals surface area contributed by atoms with E-state index in [1.807, 2.05) is 35.9 Å². The number of esters is 1. The second-order valence-corrected chi connectivity index (χ2v) is 6.14. The first-order chi connectivity index (χ1) is 12.7. The van der Waals surface area contributed by atoms with E-state index in [0.29, 0.717) is 6.61 Å². The minimum atomic E-state index is -0.375. The van der Waals surface area contributed by atoms with Gasteiger partial charge in [0.15, 0.2) is 6.29 Å². The summed E-state index contributed by atoms with van der Waals surface area (Å²) in [6.45, 7) is 2.87. The van der Waals surface area contributed by atoms with Gasteiger partial charge in [-0.1, -0.05) is 12.1 Å². The van der Waals surface area contributed by atoms with Gasteiger partial charge >= 0.3 is 5.97 Å². The molecule has 1 atom stereocenters. The minimum Gasteiger partial charge on any atom is -0.465 e. The fourth-order valence-corrected chi connectivity index (χ4v) is 2.89. The average molecular weight is 356 g/mol. The van der Waals surface area contributed by atoms with E-state index in [4.69, 9.17) is 14.2 Å². The molecule has 0 N–H and O–H groups in total. The van der Waals surface area contributed by atoms with Crippen LogP contribution in [0.1, 0.15) is 37.4 Å². The molecule has 2 aromatic rings. The van der Waals surface area contributed by atoms with Gasteiger partial charge in [-0.25, -0.2) is 9.78 Å². The Morgan fingerprint density at radius 2 is 2.15 bits per heavy atom. The lowest BCUT2D eigenvalue weighted by Gasteiger charge is -2.23. The fraction of sp³-hybridized carbons (Fsp3) is 0.400. The summed E-state index contributed by atoms with van der Waals surface area (Å²) in [7, 11) is 1.89. The first kappa shape index (κ1) is 18.2. The molecule has 0 radical (unpaired) electrons. The molecule has 1 aliphatic rings. The molecule has 0 bridgehead atoms. The zero-order valence-corrected chi connectivity index (χ0v) is 15.2. The van der Waals surface area contributed by atoms with E-state index >= 15 is 0 Å². The highest BCUT2D eigenvalue weighted by Gasteiger charge is 2.16. The summed E-state index contributed by atoms with van der Waals surface area (Å²) in [6.07, 6.45) is 7.87. The monoisotopic (exact) mass is 356 g/mol. The third-order valence-corrected chi connectivity index (χ3v) is 4.21. The lowest BCUT2D eigenvalue weighted by Crippen LogP contribution is -2.24. The van der Waals surface area contributed by atoms with E-state index in [1.54, 1.807) is 19.4 Å². The van der Waals surface area contributed by atoms with Crippen LogP contribution in [0.4, 0.5) is 0 Å². The maximum atomic E-state index is 12.0. The lowest BCUT2D eigenvalue weighted by atomic mass is 10.0. The number of carbonyl (C=O) groups excluding carboxylic acids is 1. The molecular weight excluding hydrogens is 332 g/mol. The van der Waals surface area contributed by atoms with E-state index in [1.165, 1.54) is 6.08 Å². The molecule has 26 heavy (non-hydrogen) atoms. The SMILES string of the molecule is CCOC(=O)/C=C(\c1ccc(OC2CCCCO2)cc1)c1cncn1C. The van der Waals surface area contributed by atoms with Gasteiger partial charge in [-0.05, 0) is 37.5 Å². The van der Waals surface area contributed by atoms with Crippen LogP contribution in [0.5, 0.6) is 5.75 Å². The maximum Gasteiger partial charge on any atom is 0.331 e. The highest BCUT2D eigenvalue weighted by Crippen LogP contribution is 2.26. The standard InChI is InChI=1S/C20H24N2O4/c1-3-24-19(23)12-17(18-13-21-14-22(18)2)15-7-9-16(10-8-15)26-20-6-4-5-11-25-20/h7-10,12-14,20H,3-6,11H2,1-2H3/b17-12+. The van der Waals surface area contributed by atoms with E-state index in [2.05, 4.69) is 4.98 Å². The zero-order chi connectivity index (χ0) is 18.4. The van der Waals surface area contributed by atoms with Gasteiger partial charge in [0.05, 0.1) is 31.4 Å². The Hall–Kier alpha value is -2.60. The summed E-state index contributed by atoms with van der Waals surface area (Å²) >= 11 is 0. The summed E-state index contributed by atoms with van der Waals surface area (Å²) in [5.74, 6) is 0.376. The molecule has 0 saturated carbocycles. The van der Waals surface area contributed by atoms with Crippen LogP contribution < -0.4 is 4.74 Å². The molecule has 1 aromatic heterocycles. The molecule has 138 valence electrons. The third kappa shape index (κ3) is 4.52.